The molecule has 0 saturated heterocycles. The van der Waals surface area contributed by atoms with Crippen LogP contribution in [0.2, 0.25) is 0 Å². The van der Waals surface area contributed by atoms with Crippen LogP contribution in [0.25, 0.3) is 11.0 Å². The van der Waals surface area contributed by atoms with Crippen LogP contribution in [0.5, 0.6) is 0 Å². The average Bonchev–Trinajstić information content (AvgIpc) is 2.88. The third kappa shape index (κ3) is 4.54. The number of carbonyl (C=O) groups is 1. The second-order valence-corrected chi connectivity index (χ2v) is 9.71. The number of benzene rings is 2. The lowest BCUT2D eigenvalue weighted by atomic mass is 9.99. The van der Waals surface area contributed by atoms with Crippen LogP contribution in [0.1, 0.15) is 42.3 Å². The number of aryl methyl sites for hydroxylation is 1. The molecule has 0 spiro atoms. The van der Waals surface area contributed by atoms with Gasteiger partial charge in [0.15, 0.2) is 5.78 Å². The van der Waals surface area contributed by atoms with Crippen LogP contribution in [0.4, 0.5) is 11.6 Å². The van der Waals surface area contributed by atoms with Gasteiger partial charge in [-0.2, -0.15) is 0 Å². The summed E-state index contributed by atoms with van der Waals surface area (Å²) in [6.07, 6.45) is 1.08. The van der Waals surface area contributed by atoms with E-state index in [1.54, 1.807) is 30.3 Å². The molecule has 6 nitrogen and oxygen atoms in total. The lowest BCUT2D eigenvalue weighted by molar-refractivity contribution is 0.104. The Labute approximate surface area is 165 Å². The number of fused-ring (bicyclic) bond motifs is 1. The molecule has 148 valence electrons. The van der Waals surface area contributed by atoms with Gasteiger partial charge in [0.25, 0.3) is 0 Å². The first-order valence-corrected chi connectivity index (χ1v) is 10.8. The summed E-state index contributed by atoms with van der Waals surface area (Å²) >= 11 is 0. The van der Waals surface area contributed by atoms with Gasteiger partial charge in [-0.05, 0) is 45.9 Å². The number of ketones is 1. The Kier molecular flexibility index (Phi) is 4.97. The van der Waals surface area contributed by atoms with Gasteiger partial charge in [0.05, 0.1) is 11.8 Å². The lowest BCUT2D eigenvalue weighted by Gasteiger charge is -2.20. The highest BCUT2D eigenvalue weighted by Crippen LogP contribution is 2.35. The number of nitrogens with one attached hydrogen (secondary N) is 2. The molecule has 28 heavy (non-hydrogen) atoms. The van der Waals surface area contributed by atoms with Gasteiger partial charge in [-0.15, -0.1) is 0 Å². The van der Waals surface area contributed by atoms with E-state index in [0.717, 1.165) is 11.8 Å². The molecule has 3 aromatic rings. The second-order valence-electron chi connectivity index (χ2n) is 7.96. The number of rotatable bonds is 5. The standard InChI is InChI=1S/C21H24N2O4S/c1-13-6-8-14(9-7-13)19(24)18-16-12-15(23-28(5,25)26)10-11-17(16)27-20(18)22-21(2,3)4/h6-12,22-23H,1-5H3. The fourth-order valence-corrected chi connectivity index (χ4v) is 3.43. The maximum absolute atomic E-state index is 13.3. The van der Waals surface area contributed by atoms with Gasteiger partial charge in [-0.25, -0.2) is 8.42 Å². The molecule has 0 aliphatic carbocycles. The number of furan rings is 1. The third-order valence-electron chi connectivity index (χ3n) is 4.02. The third-order valence-corrected chi connectivity index (χ3v) is 4.63. The smallest absolute Gasteiger partial charge is 0.229 e. The van der Waals surface area contributed by atoms with Gasteiger partial charge < -0.3 is 9.73 Å². The quantitative estimate of drug-likeness (QED) is 0.613. The summed E-state index contributed by atoms with van der Waals surface area (Å²) in [6.45, 7) is 7.86. The predicted octanol–water partition coefficient (Wildman–Crippen LogP) is 4.55. The van der Waals surface area contributed by atoms with E-state index in [1.165, 1.54) is 0 Å². The number of hydrogen-bond donors (Lipinski definition) is 2. The lowest BCUT2D eigenvalue weighted by Crippen LogP contribution is -2.26. The highest BCUT2D eigenvalue weighted by Gasteiger charge is 2.25. The average molecular weight is 401 g/mol. The summed E-state index contributed by atoms with van der Waals surface area (Å²) in [5, 5.41) is 3.79. The van der Waals surface area contributed by atoms with Crippen molar-refractivity contribution in [1.82, 2.24) is 0 Å². The minimum absolute atomic E-state index is 0.193. The molecular weight excluding hydrogens is 376 g/mol. The number of sulfonamides is 1. The molecule has 0 unspecified atom stereocenters. The van der Waals surface area contributed by atoms with Crippen molar-refractivity contribution in [3.63, 3.8) is 0 Å². The molecule has 7 heteroatoms. The van der Waals surface area contributed by atoms with Crippen molar-refractivity contribution in [3.8, 4) is 0 Å². The van der Waals surface area contributed by atoms with Crippen molar-refractivity contribution < 1.29 is 17.6 Å². The number of carbonyl (C=O) groups excluding carboxylic acids is 1. The van der Waals surface area contributed by atoms with Crippen LogP contribution < -0.4 is 10.0 Å². The molecule has 0 atom stereocenters. The fraction of sp³-hybridized carbons (Fsp3) is 0.286. The van der Waals surface area contributed by atoms with Crippen molar-refractivity contribution >= 4 is 38.3 Å². The van der Waals surface area contributed by atoms with Crippen LogP contribution in [0.3, 0.4) is 0 Å². The molecule has 2 aromatic carbocycles. The van der Waals surface area contributed by atoms with Gasteiger partial charge in [-0.3, -0.25) is 9.52 Å². The number of hydrogen-bond acceptors (Lipinski definition) is 5. The molecule has 0 bridgehead atoms. The molecule has 0 aliphatic heterocycles. The molecule has 0 amide bonds. The summed E-state index contributed by atoms with van der Waals surface area (Å²) in [7, 11) is -3.44. The highest BCUT2D eigenvalue weighted by molar-refractivity contribution is 7.92. The second kappa shape index (κ2) is 6.98. The molecule has 0 fully saturated rings. The first-order valence-electron chi connectivity index (χ1n) is 8.87. The predicted molar refractivity (Wildman–Crippen MR) is 113 cm³/mol. The summed E-state index contributed by atoms with van der Waals surface area (Å²) in [5.41, 5.74) is 2.51. The molecule has 1 aromatic heterocycles. The normalized spacial score (nSPS) is 12.2. The topological polar surface area (TPSA) is 88.4 Å². The maximum atomic E-state index is 13.3. The van der Waals surface area contributed by atoms with Crippen LogP contribution in [-0.4, -0.2) is 26.0 Å². The molecule has 1 heterocycles. The first-order chi connectivity index (χ1) is 12.9. The fourth-order valence-electron chi connectivity index (χ4n) is 2.88. The maximum Gasteiger partial charge on any atom is 0.229 e. The molecule has 0 aliphatic rings. The number of anilines is 2. The Morgan fingerprint density at radius 3 is 2.25 bits per heavy atom. The van der Waals surface area contributed by atoms with Gasteiger partial charge in [0.2, 0.25) is 15.9 Å². The van der Waals surface area contributed by atoms with Crippen LogP contribution in [0.15, 0.2) is 46.9 Å². The van der Waals surface area contributed by atoms with Crippen LogP contribution in [0, 0.1) is 6.92 Å². The van der Waals surface area contributed by atoms with Gasteiger partial charge >= 0.3 is 0 Å². The van der Waals surface area contributed by atoms with E-state index < -0.39 is 10.0 Å². The van der Waals surface area contributed by atoms with E-state index in [0.29, 0.717) is 33.7 Å². The van der Waals surface area contributed by atoms with E-state index in [2.05, 4.69) is 10.0 Å². The Hall–Kier alpha value is -2.80. The Morgan fingerprint density at radius 2 is 1.68 bits per heavy atom. The Balaban J connectivity index is 2.19. The first kappa shape index (κ1) is 19.9. The van der Waals surface area contributed by atoms with E-state index >= 15 is 0 Å². The van der Waals surface area contributed by atoms with Crippen LogP contribution in [-0.2, 0) is 10.0 Å². The van der Waals surface area contributed by atoms with Crippen molar-refractivity contribution in [2.24, 2.45) is 0 Å². The zero-order valence-electron chi connectivity index (χ0n) is 16.6. The van der Waals surface area contributed by atoms with Gasteiger partial charge in [0.1, 0.15) is 5.58 Å². The van der Waals surface area contributed by atoms with Crippen molar-refractivity contribution in [2.45, 2.75) is 33.2 Å². The summed E-state index contributed by atoms with van der Waals surface area (Å²) in [4.78, 5) is 13.3. The van der Waals surface area contributed by atoms with E-state index in [9.17, 15) is 13.2 Å². The Morgan fingerprint density at radius 1 is 1.04 bits per heavy atom. The molecule has 2 N–H and O–H groups in total. The van der Waals surface area contributed by atoms with Crippen molar-refractivity contribution in [3.05, 3.63) is 59.2 Å². The SMILES string of the molecule is Cc1ccc(C(=O)c2c(NC(C)(C)C)oc3ccc(NS(C)(=O)=O)cc23)cc1. The minimum atomic E-state index is -3.44. The van der Waals surface area contributed by atoms with Crippen molar-refractivity contribution in [1.29, 1.82) is 0 Å². The summed E-state index contributed by atoms with van der Waals surface area (Å²) in [6, 6.07) is 12.2. The molecular formula is C21H24N2O4S. The minimum Gasteiger partial charge on any atom is -0.440 e. The zero-order valence-corrected chi connectivity index (χ0v) is 17.4. The largest absolute Gasteiger partial charge is 0.440 e. The zero-order chi connectivity index (χ0) is 20.7. The van der Waals surface area contributed by atoms with E-state index in [4.69, 9.17) is 4.42 Å². The summed E-state index contributed by atoms with van der Waals surface area (Å²) < 4.78 is 31.5. The van der Waals surface area contributed by atoms with Gasteiger partial charge in [-0.1, -0.05) is 29.8 Å². The van der Waals surface area contributed by atoms with E-state index in [1.807, 2.05) is 39.8 Å². The van der Waals surface area contributed by atoms with Gasteiger partial charge in [0, 0.05) is 22.2 Å². The Bertz CT molecular complexity index is 1140. The van der Waals surface area contributed by atoms with Crippen molar-refractivity contribution in [2.75, 3.05) is 16.3 Å². The molecule has 0 radical (unpaired) electrons. The molecule has 0 saturated carbocycles. The van der Waals surface area contributed by atoms with Crippen LogP contribution >= 0.6 is 0 Å². The highest BCUT2D eigenvalue weighted by atomic mass is 32.2. The molecule has 3 rings (SSSR count). The monoisotopic (exact) mass is 400 g/mol. The van der Waals surface area contributed by atoms with E-state index in [-0.39, 0.29) is 11.3 Å². The summed E-state index contributed by atoms with van der Waals surface area (Å²) in [5.74, 6) is 0.173.